The highest BCUT2D eigenvalue weighted by atomic mass is 35.5. The Balaban J connectivity index is 0.000000525. The molecule has 2 amide bonds. The Kier molecular flexibility index (Phi) is 24.2. The standard InChI is InChI=1S/C19H15ClF3NO7.C15H22ClNO2.C8H11Cl2NO/c1-3-29-17(25)10(2)30-18(26)13-9-12(5-6-15(13)24(27)28)31-16-7-4-11(8-14(16)20)19(21,22)23;1-5-13-8-6-7-11(2)15(13)17(14(18)9-16)12(3)10-19-4;1-3-5-11(6-4-2)8(12)7(9)10/h4-10H,3H2,1-2H3;6-8,12H,5,9-10H2,1-4H3;3-4,7H,1-2,5-6H2. The van der Waals surface area contributed by atoms with Crippen LogP contribution in [-0.2, 0) is 41.2 Å². The van der Waals surface area contributed by atoms with Crippen molar-refractivity contribution in [1.82, 2.24) is 4.90 Å². The average molecular weight is 954 g/mol. The monoisotopic (exact) mass is 951 g/mol. The molecule has 0 N–H and O–H groups in total. The molecule has 0 bridgehead atoms. The molecule has 0 aliphatic rings. The van der Waals surface area contributed by atoms with E-state index in [1.54, 1.807) is 31.1 Å². The number of benzene rings is 3. The van der Waals surface area contributed by atoms with Crippen LogP contribution < -0.4 is 9.64 Å². The third-order valence-corrected chi connectivity index (χ3v) is 9.04. The van der Waals surface area contributed by atoms with Crippen molar-refractivity contribution in [1.29, 1.82) is 0 Å². The molecule has 62 heavy (non-hydrogen) atoms. The smallest absolute Gasteiger partial charge is 0.416 e. The van der Waals surface area contributed by atoms with Crippen molar-refractivity contribution in [2.75, 3.05) is 44.2 Å². The SMILES string of the molecule is C=CCN(CC=C)C(=O)C(Cl)Cl.CCOC(=O)C(C)OC(=O)c1cc(Oc2ccc(C(F)(F)F)cc2Cl)ccc1[N+](=O)[O-].CCc1cccc(C)c1N(C(=O)CCl)C(C)COC. The lowest BCUT2D eigenvalue weighted by Crippen LogP contribution is -2.43. The van der Waals surface area contributed by atoms with Crippen LogP contribution in [0.15, 0.2) is 79.9 Å². The van der Waals surface area contributed by atoms with Crippen LogP contribution >= 0.6 is 46.4 Å². The van der Waals surface area contributed by atoms with E-state index in [0.717, 1.165) is 53.6 Å². The molecule has 0 saturated heterocycles. The molecular formula is C42H48Cl4F3N3O10. The molecule has 2 unspecified atom stereocenters. The average Bonchev–Trinajstić information content (AvgIpc) is 3.21. The number of carbonyl (C=O) groups is 4. The van der Waals surface area contributed by atoms with Gasteiger partial charge >= 0.3 is 18.1 Å². The van der Waals surface area contributed by atoms with Crippen molar-refractivity contribution in [2.24, 2.45) is 0 Å². The Morgan fingerprint density at radius 1 is 0.984 bits per heavy atom. The maximum absolute atomic E-state index is 12.8. The molecule has 20 heteroatoms. The van der Waals surface area contributed by atoms with E-state index in [-0.39, 0.29) is 46.9 Å². The van der Waals surface area contributed by atoms with Gasteiger partial charge in [0.05, 0.1) is 40.5 Å². The second-order valence-electron chi connectivity index (χ2n) is 12.7. The normalized spacial score (nSPS) is 11.6. The molecule has 3 aromatic rings. The molecule has 3 aromatic carbocycles. The molecule has 0 fully saturated rings. The molecule has 0 aliphatic heterocycles. The van der Waals surface area contributed by atoms with Crippen LogP contribution in [0.1, 0.15) is 54.7 Å². The quantitative estimate of drug-likeness (QED) is 0.0396. The minimum absolute atomic E-state index is 0.0223. The predicted octanol–water partition coefficient (Wildman–Crippen LogP) is 10.3. The van der Waals surface area contributed by atoms with Gasteiger partial charge in [-0.3, -0.25) is 19.7 Å². The minimum Gasteiger partial charge on any atom is -0.463 e. The summed E-state index contributed by atoms with van der Waals surface area (Å²) in [5.41, 5.74) is 1.04. The lowest BCUT2D eigenvalue weighted by molar-refractivity contribution is -0.385. The van der Waals surface area contributed by atoms with Crippen molar-refractivity contribution in [3.63, 3.8) is 0 Å². The highest BCUT2D eigenvalue weighted by Crippen LogP contribution is 2.37. The van der Waals surface area contributed by atoms with E-state index in [1.165, 1.54) is 11.8 Å². The topological polar surface area (TPSA) is 155 Å². The molecule has 0 aromatic heterocycles. The predicted molar refractivity (Wildman–Crippen MR) is 234 cm³/mol. The fourth-order valence-corrected chi connectivity index (χ4v) is 5.97. The number of alkyl halides is 6. The summed E-state index contributed by atoms with van der Waals surface area (Å²) in [7, 11) is 1.64. The van der Waals surface area contributed by atoms with Crippen LogP contribution in [0.5, 0.6) is 11.5 Å². The van der Waals surface area contributed by atoms with E-state index in [1.807, 2.05) is 26.0 Å². The molecule has 0 saturated carbocycles. The number of methoxy groups -OCH3 is 1. The first-order valence-corrected chi connectivity index (χ1v) is 20.4. The number of ether oxygens (including phenoxy) is 4. The van der Waals surface area contributed by atoms with Gasteiger partial charge in [-0.25, -0.2) is 9.59 Å². The summed E-state index contributed by atoms with van der Waals surface area (Å²) in [5.74, 6) is -2.79. The Morgan fingerprint density at radius 3 is 2.10 bits per heavy atom. The molecule has 2 atom stereocenters. The molecule has 3 rings (SSSR count). The number of para-hydroxylation sites is 1. The number of hydrogen-bond acceptors (Lipinski definition) is 10. The van der Waals surface area contributed by atoms with Gasteiger partial charge in [0.15, 0.2) is 10.9 Å². The number of nitro groups is 1. The lowest BCUT2D eigenvalue weighted by Gasteiger charge is -2.31. The number of anilines is 1. The van der Waals surface area contributed by atoms with Crippen LogP contribution in [0.25, 0.3) is 0 Å². The largest absolute Gasteiger partial charge is 0.463 e. The molecule has 0 radical (unpaired) electrons. The second-order valence-corrected chi connectivity index (χ2v) is 14.5. The summed E-state index contributed by atoms with van der Waals surface area (Å²) in [6.07, 6.45) is -1.85. The van der Waals surface area contributed by atoms with Gasteiger partial charge < -0.3 is 28.7 Å². The van der Waals surface area contributed by atoms with Crippen LogP contribution in [0.2, 0.25) is 5.02 Å². The molecule has 13 nitrogen and oxygen atoms in total. The highest BCUT2D eigenvalue weighted by Gasteiger charge is 2.32. The number of rotatable bonds is 18. The number of nitrogens with zero attached hydrogens (tertiary/aromatic N) is 3. The van der Waals surface area contributed by atoms with Crippen molar-refractivity contribution < 1.29 is 56.2 Å². The lowest BCUT2D eigenvalue weighted by atomic mass is 10.0. The van der Waals surface area contributed by atoms with Crippen molar-refractivity contribution in [3.8, 4) is 11.5 Å². The van der Waals surface area contributed by atoms with Crippen molar-refractivity contribution >= 4 is 81.5 Å². The first-order valence-electron chi connectivity index (χ1n) is 18.6. The Hall–Kier alpha value is -4.87. The summed E-state index contributed by atoms with van der Waals surface area (Å²) in [5, 5.41) is 10.9. The van der Waals surface area contributed by atoms with Gasteiger partial charge in [0.2, 0.25) is 5.91 Å². The summed E-state index contributed by atoms with van der Waals surface area (Å²) in [6.45, 7) is 17.3. The van der Waals surface area contributed by atoms with Crippen LogP contribution in [0.4, 0.5) is 24.5 Å². The number of halogens is 7. The maximum atomic E-state index is 12.8. The summed E-state index contributed by atoms with van der Waals surface area (Å²) < 4.78 is 58.4. The number of esters is 2. The number of aryl methyl sites for hydroxylation is 2. The van der Waals surface area contributed by atoms with Crippen molar-refractivity contribution in [2.45, 2.75) is 64.2 Å². The van der Waals surface area contributed by atoms with Gasteiger partial charge in [-0.05, 0) is 69.5 Å². The van der Waals surface area contributed by atoms with Gasteiger partial charge in [-0.2, -0.15) is 13.2 Å². The number of hydrogen-bond donors (Lipinski definition) is 0. The van der Waals surface area contributed by atoms with E-state index >= 15 is 0 Å². The summed E-state index contributed by atoms with van der Waals surface area (Å²) in [6, 6.07) is 11.4. The Bertz CT molecular complexity index is 2010. The van der Waals surface area contributed by atoms with Gasteiger partial charge in [-0.1, -0.05) is 72.1 Å². The fraction of sp³-hybridized carbons (Fsp3) is 0.381. The summed E-state index contributed by atoms with van der Waals surface area (Å²) >= 11 is 22.4. The molecule has 0 aliphatic carbocycles. The summed E-state index contributed by atoms with van der Waals surface area (Å²) in [4.78, 5) is 60.0. The van der Waals surface area contributed by atoms with Gasteiger partial charge in [0, 0.05) is 32.3 Å². The number of amides is 2. The van der Waals surface area contributed by atoms with Gasteiger partial charge in [0.25, 0.3) is 11.6 Å². The zero-order chi connectivity index (χ0) is 47.3. The molecular weight excluding hydrogens is 905 g/mol. The van der Waals surface area contributed by atoms with Crippen molar-refractivity contribution in [3.05, 3.63) is 117 Å². The minimum atomic E-state index is -4.61. The number of nitro benzene ring substituents is 1. The van der Waals surface area contributed by atoms with Crippen LogP contribution in [0, 0.1) is 17.0 Å². The van der Waals surface area contributed by atoms with Gasteiger partial charge in [-0.15, -0.1) is 24.8 Å². The van der Waals surface area contributed by atoms with E-state index < -0.39 is 50.8 Å². The third kappa shape index (κ3) is 17.1. The Morgan fingerprint density at radius 2 is 1.61 bits per heavy atom. The Labute approximate surface area is 378 Å². The van der Waals surface area contributed by atoms with E-state index in [9.17, 15) is 42.5 Å². The van der Waals surface area contributed by atoms with Crippen LogP contribution in [0.3, 0.4) is 0 Å². The fourth-order valence-electron chi connectivity index (χ4n) is 5.34. The zero-order valence-corrected chi connectivity index (χ0v) is 37.8. The van der Waals surface area contributed by atoms with Crippen LogP contribution in [-0.4, -0.2) is 89.9 Å². The zero-order valence-electron chi connectivity index (χ0n) is 34.8. The van der Waals surface area contributed by atoms with E-state index in [4.69, 9.17) is 65.4 Å². The van der Waals surface area contributed by atoms with E-state index in [0.29, 0.717) is 25.8 Å². The molecule has 0 heterocycles. The third-order valence-electron chi connectivity index (χ3n) is 8.15. The van der Waals surface area contributed by atoms with E-state index in [2.05, 4.69) is 26.1 Å². The van der Waals surface area contributed by atoms with Gasteiger partial charge in [0.1, 0.15) is 22.9 Å². The first kappa shape index (κ1) is 55.1. The second kappa shape index (κ2) is 27.2. The molecule has 0 spiro atoms. The highest BCUT2D eigenvalue weighted by molar-refractivity contribution is 6.53. The first-order chi connectivity index (χ1) is 29.1. The maximum Gasteiger partial charge on any atom is 0.416 e. The number of carbonyl (C=O) groups excluding carboxylic acids is 4. The molecule has 340 valence electrons.